The van der Waals surface area contributed by atoms with Gasteiger partial charge in [-0.15, -0.1) is 4.41 Å². The van der Waals surface area contributed by atoms with Crippen molar-refractivity contribution in [3.05, 3.63) is 94.5 Å². The first-order valence-electron chi connectivity index (χ1n) is 11.9. The van der Waals surface area contributed by atoms with E-state index in [1.165, 1.54) is 9.42 Å². The number of aryl methyl sites for hydroxylation is 3. The topological polar surface area (TPSA) is 59.1 Å². The summed E-state index contributed by atoms with van der Waals surface area (Å²) in [5.74, 6) is 0.457. The van der Waals surface area contributed by atoms with E-state index >= 15 is 0 Å². The van der Waals surface area contributed by atoms with Crippen LogP contribution in [-0.4, -0.2) is 33.9 Å². The first-order valence-corrected chi connectivity index (χ1v) is 12.6. The molecule has 36 heavy (non-hydrogen) atoms. The molecule has 0 saturated heterocycles. The molecule has 0 N–H and O–H groups in total. The van der Waals surface area contributed by atoms with Crippen LogP contribution in [-0.2, 0) is 6.42 Å². The van der Waals surface area contributed by atoms with Crippen LogP contribution in [0.5, 0.6) is 11.5 Å². The number of ether oxygens (including phenoxy) is 1. The summed E-state index contributed by atoms with van der Waals surface area (Å²) in [5, 5.41) is 1.46. The highest BCUT2D eigenvalue weighted by Gasteiger charge is 2.38. The molecule has 0 fully saturated rings. The number of amides is 2. The maximum absolute atomic E-state index is 13.9. The van der Waals surface area contributed by atoms with Crippen molar-refractivity contribution in [2.75, 3.05) is 7.11 Å². The summed E-state index contributed by atoms with van der Waals surface area (Å²) in [6.45, 7) is 11.6. The fourth-order valence-corrected chi connectivity index (χ4v) is 4.58. The molecule has 0 spiro atoms. The molecule has 0 aromatic heterocycles. The molecule has 0 radical (unpaired) electrons. The monoisotopic (exact) mass is 506 g/mol. The van der Waals surface area contributed by atoms with Gasteiger partial charge < -0.3 is 8.92 Å². The predicted molar refractivity (Wildman–Crippen MR) is 145 cm³/mol. The first-order chi connectivity index (χ1) is 17.0. The number of hydrazine groups is 1. The molecule has 2 amide bonds. The Morgan fingerprint density at radius 2 is 1.44 bits per heavy atom. The predicted octanol–water partition coefficient (Wildman–Crippen LogP) is 6.81. The van der Waals surface area contributed by atoms with E-state index in [9.17, 15) is 9.59 Å². The lowest BCUT2D eigenvalue weighted by Gasteiger charge is -2.41. The molecule has 0 heterocycles. The van der Waals surface area contributed by atoms with Crippen molar-refractivity contribution >= 4 is 24.0 Å². The molecule has 3 aromatic rings. The quantitative estimate of drug-likeness (QED) is 0.200. The van der Waals surface area contributed by atoms with E-state index in [1.807, 2.05) is 65.0 Å². The van der Waals surface area contributed by atoms with E-state index in [4.69, 9.17) is 8.92 Å². The maximum atomic E-state index is 13.9. The zero-order chi connectivity index (χ0) is 26.5. The van der Waals surface area contributed by atoms with Gasteiger partial charge in [-0.25, -0.2) is 5.01 Å². The highest BCUT2D eigenvalue weighted by molar-refractivity contribution is 7.93. The largest absolute Gasteiger partial charge is 0.497 e. The molecule has 7 heteroatoms. The molecule has 6 nitrogen and oxygen atoms in total. The van der Waals surface area contributed by atoms with Crippen LogP contribution in [0.2, 0.25) is 0 Å². The Balaban J connectivity index is 2.05. The van der Waals surface area contributed by atoms with Gasteiger partial charge in [-0.2, -0.15) is 0 Å². The number of carbonyl (C=O) groups excluding carboxylic acids is 2. The molecule has 0 aliphatic rings. The minimum Gasteiger partial charge on any atom is -0.497 e. The molecular formula is C29H34N2O4S. The molecular weight excluding hydrogens is 472 g/mol. The van der Waals surface area contributed by atoms with Crippen molar-refractivity contribution in [1.82, 2.24) is 9.42 Å². The summed E-state index contributed by atoms with van der Waals surface area (Å²) in [5.41, 5.74) is 3.27. The number of hydrogen-bond donors (Lipinski definition) is 0. The van der Waals surface area contributed by atoms with Gasteiger partial charge in [0.15, 0.2) is 0 Å². The Morgan fingerprint density at radius 1 is 0.833 bits per heavy atom. The van der Waals surface area contributed by atoms with E-state index in [0.29, 0.717) is 22.6 Å². The average molecular weight is 507 g/mol. The summed E-state index contributed by atoms with van der Waals surface area (Å²) in [6.07, 6.45) is 0.874. The Labute approximate surface area is 218 Å². The van der Waals surface area contributed by atoms with Gasteiger partial charge in [-0.1, -0.05) is 42.3 Å². The van der Waals surface area contributed by atoms with E-state index < -0.39 is 5.54 Å². The molecule has 0 bridgehead atoms. The van der Waals surface area contributed by atoms with Crippen molar-refractivity contribution in [3.63, 3.8) is 0 Å². The van der Waals surface area contributed by atoms with Crippen molar-refractivity contribution in [2.45, 2.75) is 53.5 Å². The van der Waals surface area contributed by atoms with Crippen molar-refractivity contribution in [3.8, 4) is 11.5 Å². The van der Waals surface area contributed by atoms with E-state index in [-0.39, 0.29) is 11.8 Å². The highest BCUT2D eigenvalue weighted by atomic mass is 32.2. The number of rotatable bonds is 7. The fourth-order valence-electron chi connectivity index (χ4n) is 3.76. The third-order valence-corrected chi connectivity index (χ3v) is 6.24. The molecule has 0 aliphatic heterocycles. The van der Waals surface area contributed by atoms with Gasteiger partial charge in [0.05, 0.1) is 12.6 Å². The molecule has 0 unspecified atom stereocenters. The van der Waals surface area contributed by atoms with E-state index in [2.05, 4.69) is 6.92 Å². The maximum Gasteiger partial charge on any atom is 0.285 e. The summed E-state index contributed by atoms with van der Waals surface area (Å²) in [7, 11) is 1.58. The van der Waals surface area contributed by atoms with Crippen LogP contribution >= 0.6 is 12.2 Å². The average Bonchev–Trinajstić information content (AvgIpc) is 2.84. The van der Waals surface area contributed by atoms with Gasteiger partial charge in [-0.05, 0) is 83.0 Å². The second kappa shape index (κ2) is 11.5. The second-order valence-electron chi connectivity index (χ2n) is 9.63. The van der Waals surface area contributed by atoms with E-state index in [0.717, 1.165) is 35.3 Å². The molecule has 190 valence electrons. The highest BCUT2D eigenvalue weighted by Crippen LogP contribution is 2.31. The summed E-state index contributed by atoms with van der Waals surface area (Å²) in [6, 6.07) is 20.2. The van der Waals surface area contributed by atoms with Gasteiger partial charge in [0.1, 0.15) is 11.5 Å². The normalized spacial score (nSPS) is 11.1. The Morgan fingerprint density at radius 3 is 2.00 bits per heavy atom. The summed E-state index contributed by atoms with van der Waals surface area (Å²) in [4.78, 5) is 27.8. The van der Waals surface area contributed by atoms with Crippen LogP contribution in [0.25, 0.3) is 0 Å². The molecule has 0 aliphatic carbocycles. The smallest absolute Gasteiger partial charge is 0.285 e. The van der Waals surface area contributed by atoms with Crippen LogP contribution < -0.4 is 8.92 Å². The Kier molecular flexibility index (Phi) is 8.69. The van der Waals surface area contributed by atoms with Gasteiger partial charge in [0, 0.05) is 17.2 Å². The second-order valence-corrected chi connectivity index (χ2v) is 10.3. The lowest BCUT2D eigenvalue weighted by Crippen LogP contribution is -2.55. The van der Waals surface area contributed by atoms with Crippen molar-refractivity contribution in [1.29, 1.82) is 0 Å². The van der Waals surface area contributed by atoms with Gasteiger partial charge in [0.25, 0.3) is 11.8 Å². The van der Waals surface area contributed by atoms with Gasteiger partial charge in [-0.3, -0.25) is 9.59 Å². The minimum absolute atomic E-state index is 0.301. The van der Waals surface area contributed by atoms with Crippen LogP contribution in [0, 0.1) is 13.8 Å². The number of hydrogen-bond acceptors (Lipinski definition) is 5. The number of carbonyl (C=O) groups is 2. The van der Waals surface area contributed by atoms with Crippen LogP contribution in [0.15, 0.2) is 66.7 Å². The van der Waals surface area contributed by atoms with E-state index in [1.54, 1.807) is 43.5 Å². The van der Waals surface area contributed by atoms with Crippen molar-refractivity contribution in [2.24, 2.45) is 0 Å². The zero-order valence-corrected chi connectivity index (χ0v) is 22.8. The molecule has 0 saturated carbocycles. The number of nitrogens with zero attached hydrogens (tertiary/aromatic N) is 2. The summed E-state index contributed by atoms with van der Waals surface area (Å²) < 4.78 is 12.6. The van der Waals surface area contributed by atoms with Gasteiger partial charge >= 0.3 is 0 Å². The summed E-state index contributed by atoms with van der Waals surface area (Å²) >= 11 is 0.807. The Bertz CT molecular complexity index is 1200. The minimum atomic E-state index is -0.736. The zero-order valence-electron chi connectivity index (χ0n) is 22.0. The van der Waals surface area contributed by atoms with Crippen molar-refractivity contribution < 1.29 is 18.5 Å². The number of benzene rings is 3. The first kappa shape index (κ1) is 27.1. The lowest BCUT2D eigenvalue weighted by molar-refractivity contribution is -0.00181. The SMILES string of the molecule is CCc1ccc(C(=O)N(N(SOc2cccc(OC)c2)C(=O)c2cc(C)cc(C)c2)C(C)(C)C)cc1. The third-order valence-electron chi connectivity index (χ3n) is 5.51. The Hall–Kier alpha value is -3.45. The fraction of sp³-hybridized carbons (Fsp3) is 0.310. The number of methoxy groups -OCH3 is 1. The molecule has 0 atom stereocenters. The standard InChI is InChI=1S/C29H34N2O4S/c1-8-22-12-14-23(15-13-22)27(32)30(29(4,5)6)31(28(33)24-17-20(2)16-21(3)18-24)36-35-26-11-9-10-25(19-26)34-7/h9-19H,8H2,1-7H3. The third kappa shape index (κ3) is 6.61. The molecule has 3 aromatic carbocycles. The molecule has 3 rings (SSSR count). The van der Waals surface area contributed by atoms with Crippen LogP contribution in [0.4, 0.5) is 0 Å². The van der Waals surface area contributed by atoms with Gasteiger partial charge in [0.2, 0.25) is 12.2 Å². The van der Waals surface area contributed by atoms with Crippen LogP contribution in [0.3, 0.4) is 0 Å². The lowest BCUT2D eigenvalue weighted by atomic mass is 10.0. The van der Waals surface area contributed by atoms with Crippen LogP contribution in [0.1, 0.15) is 65.1 Å².